The monoisotopic (exact) mass is 395 g/mol. The molecule has 0 aliphatic carbocycles. The minimum absolute atomic E-state index is 0.00751. The van der Waals surface area contributed by atoms with Crippen LogP contribution >= 0.6 is 0 Å². The van der Waals surface area contributed by atoms with Gasteiger partial charge in [0.15, 0.2) is 6.61 Å². The highest BCUT2D eigenvalue weighted by Gasteiger charge is 2.34. The van der Waals surface area contributed by atoms with Crippen LogP contribution < -0.4 is 10.1 Å². The molecule has 6 heteroatoms. The summed E-state index contributed by atoms with van der Waals surface area (Å²) in [5, 5.41) is 3.12. The number of ether oxygens (including phenoxy) is 2. The summed E-state index contributed by atoms with van der Waals surface area (Å²) in [5.41, 5.74) is 3.22. The van der Waals surface area contributed by atoms with Gasteiger partial charge in [-0.15, -0.1) is 0 Å². The second-order valence-corrected chi connectivity index (χ2v) is 7.90. The molecule has 1 fully saturated rings. The smallest absolute Gasteiger partial charge is 0.258 e. The van der Waals surface area contributed by atoms with Crippen LogP contribution in [0.2, 0.25) is 0 Å². The van der Waals surface area contributed by atoms with Crippen molar-refractivity contribution in [3.05, 3.63) is 59.4 Å². The summed E-state index contributed by atoms with van der Waals surface area (Å²) < 4.78 is 12.0. The minimum atomic E-state index is -0.104. The fraction of sp³-hybridized carbons (Fsp3) is 0.478. The Kier molecular flexibility index (Phi) is 6.42. The number of likely N-dealkylation sites (tertiary alicyclic amines) is 1. The topological polar surface area (TPSA) is 63.7 Å². The number of carbonyl (C=O) groups is 1. The number of amides is 1. The molecule has 2 aliphatic rings. The van der Waals surface area contributed by atoms with Crippen molar-refractivity contribution < 1.29 is 14.3 Å². The summed E-state index contributed by atoms with van der Waals surface area (Å²) in [7, 11) is 0. The molecule has 4 rings (SSSR count). The average molecular weight is 396 g/mol. The highest BCUT2D eigenvalue weighted by atomic mass is 16.5. The first-order valence-electron chi connectivity index (χ1n) is 10.4. The SMILES string of the molecule is Cc1cccc(CN2C[C@@H]3NC(=O)COc4ccccc4CCCCO[C@@H]3C2)n1. The Morgan fingerprint density at radius 3 is 2.93 bits per heavy atom. The lowest BCUT2D eigenvalue weighted by atomic mass is 10.1. The maximum Gasteiger partial charge on any atom is 0.258 e. The predicted octanol–water partition coefficient (Wildman–Crippen LogP) is 2.49. The van der Waals surface area contributed by atoms with Crippen LogP contribution in [0, 0.1) is 6.92 Å². The number of aryl methyl sites for hydroxylation is 2. The third-order valence-corrected chi connectivity index (χ3v) is 5.52. The van der Waals surface area contributed by atoms with Gasteiger partial charge < -0.3 is 14.8 Å². The number of nitrogens with zero attached hydrogens (tertiary/aromatic N) is 2. The van der Waals surface area contributed by atoms with Gasteiger partial charge in [0.25, 0.3) is 5.91 Å². The van der Waals surface area contributed by atoms with Crippen LogP contribution in [0.15, 0.2) is 42.5 Å². The largest absolute Gasteiger partial charge is 0.483 e. The first kappa shape index (κ1) is 19.9. The van der Waals surface area contributed by atoms with Crippen LogP contribution in [-0.4, -0.2) is 54.2 Å². The Bertz CT molecular complexity index is 842. The van der Waals surface area contributed by atoms with E-state index in [1.54, 1.807) is 0 Å². The highest BCUT2D eigenvalue weighted by molar-refractivity contribution is 5.78. The summed E-state index contributed by atoms with van der Waals surface area (Å²) in [6.45, 7) is 5.04. The fourth-order valence-corrected chi connectivity index (χ4v) is 4.10. The Morgan fingerprint density at radius 2 is 2.03 bits per heavy atom. The van der Waals surface area contributed by atoms with E-state index in [2.05, 4.69) is 21.3 Å². The molecule has 1 saturated heterocycles. The van der Waals surface area contributed by atoms with E-state index in [0.29, 0.717) is 6.61 Å². The lowest BCUT2D eigenvalue weighted by molar-refractivity contribution is -0.124. The molecule has 1 aromatic carbocycles. The van der Waals surface area contributed by atoms with Crippen molar-refractivity contribution in [3.63, 3.8) is 0 Å². The molecule has 3 heterocycles. The summed E-state index contributed by atoms with van der Waals surface area (Å²) in [5.74, 6) is 0.700. The summed E-state index contributed by atoms with van der Waals surface area (Å²) in [4.78, 5) is 19.4. The van der Waals surface area contributed by atoms with E-state index in [1.807, 2.05) is 43.3 Å². The molecule has 0 saturated carbocycles. The van der Waals surface area contributed by atoms with Crippen molar-refractivity contribution in [1.29, 1.82) is 0 Å². The van der Waals surface area contributed by atoms with Crippen LogP contribution in [0.1, 0.15) is 29.8 Å². The van der Waals surface area contributed by atoms with Crippen molar-refractivity contribution in [2.75, 3.05) is 26.3 Å². The quantitative estimate of drug-likeness (QED) is 0.847. The molecule has 154 valence electrons. The van der Waals surface area contributed by atoms with Gasteiger partial charge in [-0.1, -0.05) is 24.3 Å². The second-order valence-electron chi connectivity index (χ2n) is 7.90. The maximum absolute atomic E-state index is 12.5. The van der Waals surface area contributed by atoms with Crippen molar-refractivity contribution in [2.45, 2.75) is 44.9 Å². The molecule has 0 bridgehead atoms. The van der Waals surface area contributed by atoms with Gasteiger partial charge in [0.1, 0.15) is 5.75 Å². The fourth-order valence-electron chi connectivity index (χ4n) is 4.10. The first-order chi connectivity index (χ1) is 14.2. The number of fused-ring (bicyclic) bond motifs is 2. The molecule has 1 aromatic heterocycles. The normalized spacial score (nSPS) is 23.6. The zero-order chi connectivity index (χ0) is 20.1. The Balaban J connectivity index is 1.42. The van der Waals surface area contributed by atoms with Crippen LogP contribution in [0.25, 0.3) is 0 Å². The maximum atomic E-state index is 12.5. The van der Waals surface area contributed by atoms with Gasteiger partial charge in [-0.05, 0) is 49.9 Å². The number of para-hydroxylation sites is 1. The van der Waals surface area contributed by atoms with Crippen molar-refractivity contribution in [1.82, 2.24) is 15.2 Å². The van der Waals surface area contributed by atoms with Crippen LogP contribution in [0.4, 0.5) is 0 Å². The molecule has 2 aliphatic heterocycles. The summed E-state index contributed by atoms with van der Waals surface area (Å²) >= 11 is 0. The van der Waals surface area contributed by atoms with E-state index in [1.165, 1.54) is 0 Å². The lowest BCUT2D eigenvalue weighted by Crippen LogP contribution is -2.45. The van der Waals surface area contributed by atoms with Gasteiger partial charge in [0.05, 0.1) is 17.8 Å². The number of hydrogen-bond donors (Lipinski definition) is 1. The third-order valence-electron chi connectivity index (χ3n) is 5.52. The van der Waals surface area contributed by atoms with E-state index in [0.717, 1.165) is 61.6 Å². The minimum Gasteiger partial charge on any atom is -0.483 e. The molecule has 0 spiro atoms. The van der Waals surface area contributed by atoms with Crippen molar-refractivity contribution in [3.8, 4) is 5.75 Å². The van der Waals surface area contributed by atoms with Crippen molar-refractivity contribution >= 4 is 5.91 Å². The summed E-state index contributed by atoms with van der Waals surface area (Å²) in [6.07, 6.45) is 2.95. The van der Waals surface area contributed by atoms with E-state index < -0.39 is 0 Å². The molecule has 2 aromatic rings. The lowest BCUT2D eigenvalue weighted by Gasteiger charge is -2.20. The number of rotatable bonds is 2. The van der Waals surface area contributed by atoms with Gasteiger partial charge in [0.2, 0.25) is 0 Å². The van der Waals surface area contributed by atoms with Gasteiger partial charge >= 0.3 is 0 Å². The Labute approximate surface area is 172 Å². The Morgan fingerprint density at radius 1 is 1.14 bits per heavy atom. The van der Waals surface area contributed by atoms with Gasteiger partial charge in [0, 0.05) is 31.9 Å². The first-order valence-corrected chi connectivity index (χ1v) is 10.4. The number of hydrogen-bond acceptors (Lipinski definition) is 5. The molecule has 1 N–H and O–H groups in total. The summed E-state index contributed by atoms with van der Waals surface area (Å²) in [6, 6.07) is 14.0. The number of aromatic nitrogens is 1. The standard InChI is InChI=1S/C23H29N3O3/c1-17-7-6-10-19(24-17)13-26-14-20-22(15-26)28-12-5-4-9-18-8-2-3-11-21(18)29-16-23(27)25-20/h2-3,6-8,10-11,20,22H,4-5,9,12-16H2,1H3,(H,25,27)/t20-,22+/m0/s1. The number of pyridine rings is 1. The van der Waals surface area contributed by atoms with E-state index >= 15 is 0 Å². The van der Waals surface area contributed by atoms with E-state index in [4.69, 9.17) is 9.47 Å². The third kappa shape index (κ3) is 5.34. The van der Waals surface area contributed by atoms with Crippen LogP contribution in [0.3, 0.4) is 0 Å². The predicted molar refractivity (Wildman–Crippen MR) is 111 cm³/mol. The van der Waals surface area contributed by atoms with Gasteiger partial charge in [-0.3, -0.25) is 14.7 Å². The number of nitrogens with one attached hydrogen (secondary N) is 1. The number of benzene rings is 1. The second kappa shape index (κ2) is 9.37. The van der Waals surface area contributed by atoms with Crippen molar-refractivity contribution in [2.24, 2.45) is 0 Å². The van der Waals surface area contributed by atoms with Gasteiger partial charge in [-0.2, -0.15) is 0 Å². The number of carbonyl (C=O) groups excluding carboxylic acids is 1. The molecule has 0 unspecified atom stereocenters. The van der Waals surface area contributed by atoms with E-state index in [-0.39, 0.29) is 24.7 Å². The Hall–Kier alpha value is -2.44. The van der Waals surface area contributed by atoms with Crippen LogP contribution in [0.5, 0.6) is 5.75 Å². The van der Waals surface area contributed by atoms with Crippen LogP contribution in [-0.2, 0) is 22.5 Å². The highest BCUT2D eigenvalue weighted by Crippen LogP contribution is 2.22. The van der Waals surface area contributed by atoms with E-state index in [9.17, 15) is 4.79 Å². The molecule has 6 nitrogen and oxygen atoms in total. The zero-order valence-corrected chi connectivity index (χ0v) is 17.0. The molecule has 1 amide bonds. The molecule has 0 radical (unpaired) electrons. The molecular weight excluding hydrogens is 366 g/mol. The molecular formula is C23H29N3O3. The zero-order valence-electron chi connectivity index (χ0n) is 17.0. The average Bonchev–Trinajstić information content (AvgIpc) is 3.07. The molecule has 29 heavy (non-hydrogen) atoms. The molecule has 2 atom stereocenters. The van der Waals surface area contributed by atoms with Gasteiger partial charge in [-0.25, -0.2) is 0 Å².